The zero-order valence-corrected chi connectivity index (χ0v) is 15.8. The van der Waals surface area contributed by atoms with Crippen LogP contribution in [-0.2, 0) is 10.2 Å². The topological polar surface area (TPSA) is 65.8 Å². The maximum absolute atomic E-state index is 12.5. The van der Waals surface area contributed by atoms with Gasteiger partial charge in [0.25, 0.3) is 0 Å². The predicted molar refractivity (Wildman–Crippen MR) is 105 cm³/mol. The molecule has 2 aromatic rings. The fraction of sp³-hybridized carbons (Fsp3) is 0.318. The highest BCUT2D eigenvalue weighted by atomic mass is 16.2. The van der Waals surface area contributed by atoms with Gasteiger partial charge in [0.1, 0.15) is 6.07 Å². The second kappa shape index (κ2) is 9.39. The van der Waals surface area contributed by atoms with Crippen molar-refractivity contribution in [3.8, 4) is 30.0 Å². The summed E-state index contributed by atoms with van der Waals surface area (Å²) in [5.41, 5.74) is 2.76. The number of rotatable bonds is 5. The second-order valence-electron chi connectivity index (χ2n) is 6.88. The Morgan fingerprint density at radius 1 is 1.19 bits per heavy atom. The van der Waals surface area contributed by atoms with Crippen molar-refractivity contribution in [2.45, 2.75) is 33.1 Å². The first-order chi connectivity index (χ1) is 12.3. The van der Waals surface area contributed by atoms with Crippen molar-refractivity contribution in [1.29, 1.82) is 5.26 Å². The van der Waals surface area contributed by atoms with Crippen LogP contribution in [0, 0.1) is 30.1 Å². The van der Waals surface area contributed by atoms with E-state index in [0.717, 1.165) is 16.7 Å². The van der Waals surface area contributed by atoms with Crippen molar-refractivity contribution in [2.75, 3.05) is 6.54 Å². The summed E-state index contributed by atoms with van der Waals surface area (Å²) in [4.78, 5) is 16.5. The fourth-order valence-corrected chi connectivity index (χ4v) is 2.39. The van der Waals surface area contributed by atoms with Crippen LogP contribution in [0.5, 0.6) is 0 Å². The van der Waals surface area contributed by atoms with Gasteiger partial charge in [0.2, 0.25) is 5.91 Å². The first-order valence-electron chi connectivity index (χ1n) is 8.42. The quantitative estimate of drug-likeness (QED) is 0.834. The van der Waals surface area contributed by atoms with Crippen molar-refractivity contribution in [3.05, 3.63) is 53.9 Å². The summed E-state index contributed by atoms with van der Waals surface area (Å²) in [6.45, 7) is 8.68. The maximum Gasteiger partial charge on any atom is 0.230 e. The standard InChI is InChI=1S/C20H23N3O.C2H2/c1-14(2)11-23-19(24)20(3,4)18-7-5-16(6-8-18)17-9-15(10-21)12-22-13-17;1-2/h5-9,12-14H,11H2,1-4H3,(H,23,24);1-2H. The van der Waals surface area contributed by atoms with Crippen LogP contribution in [0.25, 0.3) is 11.1 Å². The molecule has 1 aromatic carbocycles. The average molecular weight is 347 g/mol. The summed E-state index contributed by atoms with van der Waals surface area (Å²) in [7, 11) is 0. The number of aromatic nitrogens is 1. The summed E-state index contributed by atoms with van der Waals surface area (Å²) in [6, 6.07) is 11.8. The molecule has 0 aliphatic carbocycles. The summed E-state index contributed by atoms with van der Waals surface area (Å²) in [6.07, 6.45) is 11.3. The molecular weight excluding hydrogens is 322 g/mol. The Hall–Kier alpha value is -3.11. The van der Waals surface area contributed by atoms with Gasteiger partial charge in [0.15, 0.2) is 0 Å². The summed E-state index contributed by atoms with van der Waals surface area (Å²) in [5.74, 6) is 0.448. The number of hydrogen-bond donors (Lipinski definition) is 1. The third-order valence-electron chi connectivity index (χ3n) is 4.05. The molecule has 1 heterocycles. The first-order valence-corrected chi connectivity index (χ1v) is 8.42. The number of nitrogens with zero attached hydrogens (tertiary/aromatic N) is 2. The molecular formula is C22H25N3O. The molecule has 0 fully saturated rings. The molecule has 4 nitrogen and oxygen atoms in total. The fourth-order valence-electron chi connectivity index (χ4n) is 2.39. The number of carbonyl (C=O) groups is 1. The minimum Gasteiger partial charge on any atom is -0.355 e. The Kier molecular flexibility index (Phi) is 7.56. The first kappa shape index (κ1) is 20.9. The highest BCUT2D eigenvalue weighted by Gasteiger charge is 2.29. The highest BCUT2D eigenvalue weighted by Crippen LogP contribution is 2.27. The molecule has 0 spiro atoms. The monoisotopic (exact) mass is 347 g/mol. The Morgan fingerprint density at radius 2 is 1.81 bits per heavy atom. The number of nitrogens with one attached hydrogen (secondary N) is 1. The molecule has 0 atom stereocenters. The number of benzene rings is 1. The molecule has 0 radical (unpaired) electrons. The molecule has 1 aromatic heterocycles. The number of terminal acetylenes is 1. The summed E-state index contributed by atoms with van der Waals surface area (Å²) in [5, 5.41) is 12.0. The number of nitriles is 1. The zero-order chi connectivity index (χ0) is 19.7. The van der Waals surface area contributed by atoms with E-state index >= 15 is 0 Å². The molecule has 0 saturated heterocycles. The van der Waals surface area contributed by atoms with Crippen molar-refractivity contribution < 1.29 is 4.79 Å². The van der Waals surface area contributed by atoms with Crippen LogP contribution in [-0.4, -0.2) is 17.4 Å². The predicted octanol–water partition coefficient (Wildman–Crippen LogP) is 3.92. The van der Waals surface area contributed by atoms with Crippen LogP contribution in [0.1, 0.15) is 38.8 Å². The molecule has 0 aliphatic rings. The van der Waals surface area contributed by atoms with Crippen molar-refractivity contribution in [1.82, 2.24) is 10.3 Å². The lowest BCUT2D eigenvalue weighted by molar-refractivity contribution is -0.125. The van der Waals surface area contributed by atoms with E-state index in [1.807, 2.05) is 44.2 Å². The van der Waals surface area contributed by atoms with Gasteiger partial charge in [-0.3, -0.25) is 9.78 Å². The van der Waals surface area contributed by atoms with Crippen LogP contribution < -0.4 is 5.32 Å². The number of carbonyl (C=O) groups excluding carboxylic acids is 1. The number of amides is 1. The van der Waals surface area contributed by atoms with E-state index in [0.29, 0.717) is 18.0 Å². The van der Waals surface area contributed by atoms with Gasteiger partial charge >= 0.3 is 0 Å². The van der Waals surface area contributed by atoms with E-state index in [2.05, 4.69) is 43.1 Å². The third-order valence-corrected chi connectivity index (χ3v) is 4.05. The highest BCUT2D eigenvalue weighted by molar-refractivity contribution is 5.87. The van der Waals surface area contributed by atoms with Gasteiger partial charge in [0, 0.05) is 24.5 Å². The van der Waals surface area contributed by atoms with Gasteiger partial charge < -0.3 is 5.32 Å². The second-order valence-corrected chi connectivity index (χ2v) is 6.88. The zero-order valence-electron chi connectivity index (χ0n) is 15.8. The van der Waals surface area contributed by atoms with Gasteiger partial charge in [0.05, 0.1) is 11.0 Å². The Bertz CT molecular complexity index is 796. The molecule has 134 valence electrons. The van der Waals surface area contributed by atoms with Gasteiger partial charge in [-0.25, -0.2) is 0 Å². The molecule has 0 unspecified atom stereocenters. The van der Waals surface area contributed by atoms with E-state index < -0.39 is 5.41 Å². The normalized spacial score (nSPS) is 10.4. The molecule has 1 N–H and O–H groups in total. The minimum absolute atomic E-state index is 0.0251. The summed E-state index contributed by atoms with van der Waals surface area (Å²) < 4.78 is 0. The van der Waals surface area contributed by atoms with E-state index in [9.17, 15) is 4.79 Å². The van der Waals surface area contributed by atoms with Crippen LogP contribution in [0.4, 0.5) is 0 Å². The third kappa shape index (κ3) is 5.19. The van der Waals surface area contributed by atoms with Crippen LogP contribution in [0.15, 0.2) is 42.7 Å². The largest absolute Gasteiger partial charge is 0.355 e. The minimum atomic E-state index is -0.597. The average Bonchev–Trinajstić information content (AvgIpc) is 2.67. The summed E-state index contributed by atoms with van der Waals surface area (Å²) >= 11 is 0. The van der Waals surface area contributed by atoms with E-state index in [1.54, 1.807) is 12.4 Å². The van der Waals surface area contributed by atoms with Crippen LogP contribution >= 0.6 is 0 Å². The Balaban J connectivity index is 0.00000163. The smallest absolute Gasteiger partial charge is 0.230 e. The molecule has 0 saturated carbocycles. The Morgan fingerprint density at radius 3 is 2.35 bits per heavy atom. The SMILES string of the molecule is C#C.CC(C)CNC(=O)C(C)(C)c1ccc(-c2cncc(C#N)c2)cc1. The van der Waals surface area contributed by atoms with Crippen molar-refractivity contribution >= 4 is 5.91 Å². The molecule has 26 heavy (non-hydrogen) atoms. The molecule has 2 rings (SSSR count). The Labute approximate surface area is 156 Å². The van der Waals surface area contributed by atoms with Gasteiger partial charge in [-0.05, 0) is 37.0 Å². The van der Waals surface area contributed by atoms with Crippen molar-refractivity contribution in [3.63, 3.8) is 0 Å². The van der Waals surface area contributed by atoms with Crippen molar-refractivity contribution in [2.24, 2.45) is 5.92 Å². The lowest BCUT2D eigenvalue weighted by Gasteiger charge is -2.25. The molecule has 0 bridgehead atoms. The lowest BCUT2D eigenvalue weighted by Crippen LogP contribution is -2.41. The molecule has 0 aliphatic heterocycles. The van der Waals surface area contributed by atoms with E-state index in [4.69, 9.17) is 5.26 Å². The maximum atomic E-state index is 12.5. The van der Waals surface area contributed by atoms with Gasteiger partial charge in [-0.2, -0.15) is 5.26 Å². The van der Waals surface area contributed by atoms with E-state index in [1.165, 1.54) is 0 Å². The van der Waals surface area contributed by atoms with Crippen LogP contribution in [0.2, 0.25) is 0 Å². The van der Waals surface area contributed by atoms with Gasteiger partial charge in [-0.1, -0.05) is 38.1 Å². The number of hydrogen-bond acceptors (Lipinski definition) is 3. The van der Waals surface area contributed by atoms with E-state index in [-0.39, 0.29) is 5.91 Å². The van der Waals surface area contributed by atoms with Crippen LogP contribution in [0.3, 0.4) is 0 Å². The number of pyridine rings is 1. The van der Waals surface area contributed by atoms with Gasteiger partial charge in [-0.15, -0.1) is 12.8 Å². The lowest BCUT2D eigenvalue weighted by atomic mass is 9.83. The molecule has 4 heteroatoms. The molecule has 1 amide bonds.